The van der Waals surface area contributed by atoms with E-state index in [2.05, 4.69) is 5.32 Å². The number of hydrogen-bond donors (Lipinski definition) is 4. The summed E-state index contributed by atoms with van der Waals surface area (Å²) in [6, 6.07) is 41.2. The average molecular weight is 605 g/mol. The first kappa shape index (κ1) is 31.8. The van der Waals surface area contributed by atoms with Gasteiger partial charge in [-0.15, -0.1) is 0 Å². The minimum atomic E-state index is -1.69. The molecule has 0 amide bonds. The van der Waals surface area contributed by atoms with E-state index in [1.807, 2.05) is 109 Å². The quantitative estimate of drug-likeness (QED) is 0.118. The molecule has 5 aromatic rings. The number of aliphatic hydroxyl groups excluding tert-OH is 1. The minimum absolute atomic E-state index is 0.173. The first-order chi connectivity index (χ1) is 22.0. The molecule has 45 heavy (non-hydrogen) atoms. The first-order valence-electron chi connectivity index (χ1n) is 15.0. The number of nitrogens with one attached hydrogen (secondary N) is 1. The maximum atomic E-state index is 12.3. The summed E-state index contributed by atoms with van der Waals surface area (Å²) < 4.78 is 17.8. The van der Waals surface area contributed by atoms with Crippen LogP contribution in [0.3, 0.4) is 0 Å². The molecule has 5 rings (SSSR count). The van der Waals surface area contributed by atoms with Crippen molar-refractivity contribution in [2.24, 2.45) is 5.73 Å². The van der Waals surface area contributed by atoms with Crippen LogP contribution in [-0.2, 0) is 25.4 Å². The average Bonchev–Trinajstić information content (AvgIpc) is 3.11. The van der Waals surface area contributed by atoms with Gasteiger partial charge >= 0.3 is 0 Å². The fourth-order valence-corrected chi connectivity index (χ4v) is 5.30. The minimum Gasteiger partial charge on any atom is -0.493 e. The Bertz CT molecular complexity index is 1620. The summed E-state index contributed by atoms with van der Waals surface area (Å²) in [7, 11) is 1.55. The van der Waals surface area contributed by atoms with Crippen LogP contribution in [-0.4, -0.2) is 29.9 Å². The van der Waals surface area contributed by atoms with Gasteiger partial charge in [0.25, 0.3) is 0 Å². The van der Waals surface area contributed by atoms with Gasteiger partial charge in [0, 0.05) is 13.1 Å². The third-order valence-electron chi connectivity index (χ3n) is 7.86. The molecule has 0 aliphatic rings. The zero-order valence-electron chi connectivity index (χ0n) is 25.4. The molecule has 0 aliphatic heterocycles. The second-order valence-electron chi connectivity index (χ2n) is 10.9. The van der Waals surface area contributed by atoms with Crippen LogP contribution in [0.1, 0.15) is 33.9 Å². The molecule has 0 saturated carbocycles. The third kappa shape index (κ3) is 8.09. The lowest BCUT2D eigenvalue weighted by atomic mass is 9.81. The van der Waals surface area contributed by atoms with Crippen molar-refractivity contribution in [3.63, 3.8) is 0 Å². The van der Waals surface area contributed by atoms with E-state index in [9.17, 15) is 10.2 Å². The number of benzene rings is 5. The van der Waals surface area contributed by atoms with E-state index in [0.717, 1.165) is 16.7 Å². The Balaban J connectivity index is 1.43. The predicted molar refractivity (Wildman–Crippen MR) is 176 cm³/mol. The molecule has 0 saturated heterocycles. The van der Waals surface area contributed by atoms with Gasteiger partial charge in [-0.05, 0) is 52.1 Å². The number of rotatable bonds is 15. The molecule has 0 radical (unpaired) electrons. The molecule has 0 heterocycles. The maximum absolute atomic E-state index is 12.3. The van der Waals surface area contributed by atoms with Crippen LogP contribution >= 0.6 is 0 Å². The molecule has 5 aromatic carbocycles. The summed E-state index contributed by atoms with van der Waals surface area (Å²) in [6.45, 7) is 0.972. The normalized spacial score (nSPS) is 13.8. The van der Waals surface area contributed by atoms with Crippen molar-refractivity contribution >= 4 is 0 Å². The SMILES string of the molecule is COc1cc(C(O)(CN)C(NCc2ccccc2)C(O)c2cccc(OCc3ccccc3)c2)ccc1OCc1ccccc1. The number of hydrogen-bond acceptors (Lipinski definition) is 7. The monoisotopic (exact) mass is 604 g/mol. The van der Waals surface area contributed by atoms with E-state index in [0.29, 0.717) is 48.1 Å². The van der Waals surface area contributed by atoms with Gasteiger partial charge in [0.1, 0.15) is 24.6 Å². The topological polar surface area (TPSA) is 106 Å². The lowest BCUT2D eigenvalue weighted by Gasteiger charge is -2.39. The predicted octanol–water partition coefficient (Wildman–Crippen LogP) is 5.89. The van der Waals surface area contributed by atoms with Crippen LogP contribution in [0.5, 0.6) is 17.2 Å². The highest BCUT2D eigenvalue weighted by atomic mass is 16.5. The lowest BCUT2D eigenvalue weighted by Crippen LogP contribution is -2.55. The lowest BCUT2D eigenvalue weighted by molar-refractivity contribution is -0.0474. The number of methoxy groups -OCH3 is 1. The number of ether oxygens (including phenoxy) is 3. The summed E-state index contributed by atoms with van der Waals surface area (Å²) in [5, 5.41) is 27.6. The van der Waals surface area contributed by atoms with Gasteiger partial charge in [-0.3, -0.25) is 0 Å². The molecule has 3 unspecified atom stereocenters. The molecule has 5 N–H and O–H groups in total. The van der Waals surface area contributed by atoms with Crippen molar-refractivity contribution in [3.8, 4) is 17.2 Å². The molecule has 232 valence electrons. The zero-order chi connectivity index (χ0) is 31.5. The fraction of sp³-hybridized carbons (Fsp3) is 0.211. The maximum Gasteiger partial charge on any atom is 0.161 e. The summed E-state index contributed by atoms with van der Waals surface area (Å²) in [4.78, 5) is 0. The van der Waals surface area contributed by atoms with Gasteiger partial charge in [-0.1, -0.05) is 109 Å². The second kappa shape index (κ2) is 15.4. The third-order valence-corrected chi connectivity index (χ3v) is 7.86. The highest BCUT2D eigenvalue weighted by molar-refractivity contribution is 5.46. The molecule has 0 aliphatic carbocycles. The highest BCUT2D eigenvalue weighted by Gasteiger charge is 2.42. The highest BCUT2D eigenvalue weighted by Crippen LogP contribution is 2.38. The van der Waals surface area contributed by atoms with Crippen molar-refractivity contribution in [2.45, 2.75) is 37.5 Å². The molecule has 0 fully saturated rings. The summed E-state index contributed by atoms with van der Waals surface area (Å²) >= 11 is 0. The van der Waals surface area contributed by atoms with Crippen molar-refractivity contribution < 1.29 is 24.4 Å². The molecule has 3 atom stereocenters. The summed E-state index contributed by atoms with van der Waals surface area (Å²) in [6.07, 6.45) is -1.15. The Morgan fingerprint density at radius 1 is 0.689 bits per heavy atom. The second-order valence-corrected chi connectivity index (χ2v) is 10.9. The van der Waals surface area contributed by atoms with E-state index in [1.54, 1.807) is 31.4 Å². The van der Waals surface area contributed by atoms with Gasteiger partial charge in [-0.25, -0.2) is 0 Å². The van der Waals surface area contributed by atoms with Gasteiger partial charge in [-0.2, -0.15) is 0 Å². The van der Waals surface area contributed by atoms with E-state index >= 15 is 0 Å². The molecular weight excluding hydrogens is 564 g/mol. The first-order valence-corrected chi connectivity index (χ1v) is 15.0. The van der Waals surface area contributed by atoms with Crippen molar-refractivity contribution in [1.29, 1.82) is 0 Å². The van der Waals surface area contributed by atoms with Gasteiger partial charge in [0.15, 0.2) is 11.5 Å². The van der Waals surface area contributed by atoms with Crippen LogP contribution in [0.4, 0.5) is 0 Å². The number of aliphatic hydroxyl groups is 2. The Morgan fingerprint density at radius 2 is 1.29 bits per heavy atom. The van der Waals surface area contributed by atoms with Crippen LogP contribution in [0.2, 0.25) is 0 Å². The van der Waals surface area contributed by atoms with Crippen molar-refractivity contribution in [1.82, 2.24) is 5.32 Å². The largest absolute Gasteiger partial charge is 0.493 e. The van der Waals surface area contributed by atoms with Crippen LogP contribution in [0.25, 0.3) is 0 Å². The zero-order valence-corrected chi connectivity index (χ0v) is 25.4. The Kier molecular flexibility index (Phi) is 10.8. The summed E-state index contributed by atoms with van der Waals surface area (Å²) in [5.74, 6) is 1.58. The summed E-state index contributed by atoms with van der Waals surface area (Å²) in [5.41, 5.74) is 8.75. The van der Waals surface area contributed by atoms with Gasteiger partial charge < -0.3 is 35.5 Å². The Morgan fingerprint density at radius 3 is 1.89 bits per heavy atom. The molecule has 7 nitrogen and oxygen atoms in total. The van der Waals surface area contributed by atoms with E-state index in [4.69, 9.17) is 19.9 Å². The fourth-order valence-electron chi connectivity index (χ4n) is 5.30. The van der Waals surface area contributed by atoms with E-state index in [1.165, 1.54) is 0 Å². The number of nitrogens with two attached hydrogens (primary N) is 1. The molecule has 7 heteroatoms. The standard InChI is InChI=1S/C38H40N2O5/c1-43-35-23-32(20-21-34(35)45-26-30-16-9-4-10-17-30)38(42,27-39)37(40-24-28-12-5-2-6-13-28)36(41)31-18-11-19-33(22-31)44-25-29-14-7-3-8-15-29/h2-23,36-37,40-42H,24-27,39H2,1H3. The van der Waals surface area contributed by atoms with Crippen molar-refractivity contribution in [3.05, 3.63) is 161 Å². The van der Waals surface area contributed by atoms with Crippen LogP contribution in [0.15, 0.2) is 133 Å². The van der Waals surface area contributed by atoms with Crippen molar-refractivity contribution in [2.75, 3.05) is 13.7 Å². The van der Waals surface area contributed by atoms with E-state index < -0.39 is 17.7 Å². The van der Waals surface area contributed by atoms with Gasteiger partial charge in [0.05, 0.1) is 19.3 Å². The Hall–Kier alpha value is -4.66. The molecular formula is C38H40N2O5. The smallest absolute Gasteiger partial charge is 0.161 e. The van der Waals surface area contributed by atoms with E-state index in [-0.39, 0.29) is 6.54 Å². The van der Waals surface area contributed by atoms with Crippen LogP contribution < -0.4 is 25.3 Å². The molecule has 0 aromatic heterocycles. The molecule has 0 bridgehead atoms. The molecule has 0 spiro atoms. The Labute approximate surface area is 264 Å². The van der Waals surface area contributed by atoms with Crippen LogP contribution in [0, 0.1) is 0 Å². The van der Waals surface area contributed by atoms with Gasteiger partial charge in [0.2, 0.25) is 0 Å².